The minimum absolute atomic E-state index is 0. The summed E-state index contributed by atoms with van der Waals surface area (Å²) in [5.74, 6) is 1.28. The fourth-order valence-corrected chi connectivity index (χ4v) is 3.84. The third-order valence-electron chi connectivity index (χ3n) is 5.13. The number of ether oxygens (including phenoxy) is 1. The van der Waals surface area contributed by atoms with E-state index in [1.165, 1.54) is 0 Å². The molecule has 33 heavy (non-hydrogen) atoms. The van der Waals surface area contributed by atoms with Crippen molar-refractivity contribution < 1.29 is 4.74 Å². The molecule has 2 N–H and O–H groups in total. The average molecular weight is 479 g/mol. The predicted molar refractivity (Wildman–Crippen MR) is 136 cm³/mol. The summed E-state index contributed by atoms with van der Waals surface area (Å²) >= 11 is 6.52. The van der Waals surface area contributed by atoms with Gasteiger partial charge < -0.3 is 15.0 Å². The highest BCUT2D eigenvalue weighted by Gasteiger charge is 2.15. The molecule has 2 aromatic carbocycles. The highest BCUT2D eigenvalue weighted by atomic mass is 35.5. The molecule has 0 aliphatic rings. The van der Waals surface area contributed by atoms with Crippen molar-refractivity contribution in [2.24, 2.45) is 0 Å². The van der Waals surface area contributed by atoms with Gasteiger partial charge in [0.1, 0.15) is 11.6 Å². The number of nitrogens with zero attached hydrogens (tertiary/aromatic N) is 3. The molecule has 0 aliphatic carbocycles. The van der Waals surface area contributed by atoms with Crippen LogP contribution in [0.4, 0.5) is 5.82 Å². The van der Waals surface area contributed by atoms with Gasteiger partial charge in [-0.25, -0.2) is 4.98 Å². The first-order valence-corrected chi connectivity index (χ1v) is 10.8. The van der Waals surface area contributed by atoms with Crippen molar-refractivity contribution in [3.8, 4) is 34.3 Å². The average Bonchev–Trinajstić information content (AvgIpc) is 3.20. The minimum Gasteiger partial charge on any atom is -0.494 e. The molecule has 0 saturated heterocycles. The van der Waals surface area contributed by atoms with Gasteiger partial charge in [0.25, 0.3) is 0 Å². The number of unbranched alkanes of at least 4 members (excludes halogenated alkanes) is 1. The lowest BCUT2D eigenvalue weighted by atomic mass is 10.1. The summed E-state index contributed by atoms with van der Waals surface area (Å²) in [4.78, 5) is 4.48. The van der Waals surface area contributed by atoms with Gasteiger partial charge in [0, 0.05) is 22.7 Å². The maximum Gasteiger partial charge on any atom is 0.123 e. The summed E-state index contributed by atoms with van der Waals surface area (Å²) in [6.07, 6.45) is 1.21. The summed E-state index contributed by atoms with van der Waals surface area (Å²) in [7, 11) is 0. The third-order valence-corrected chi connectivity index (χ3v) is 5.46. The Balaban J connectivity index is 0.00000306. The molecule has 5 nitrogen and oxygen atoms in total. The Morgan fingerprint density at radius 3 is 2.42 bits per heavy atom. The first kappa shape index (κ1) is 24.2. The van der Waals surface area contributed by atoms with Crippen molar-refractivity contribution in [3.63, 3.8) is 0 Å². The van der Waals surface area contributed by atoms with E-state index in [1.54, 1.807) is 6.07 Å². The summed E-state index contributed by atoms with van der Waals surface area (Å²) in [6, 6.07) is 27.8. The lowest BCUT2D eigenvalue weighted by molar-refractivity contribution is 0.313. The highest BCUT2D eigenvalue weighted by molar-refractivity contribution is 6.33. The van der Waals surface area contributed by atoms with E-state index in [2.05, 4.69) is 27.8 Å². The summed E-state index contributed by atoms with van der Waals surface area (Å²) in [5, 5.41) is 9.34. The summed E-state index contributed by atoms with van der Waals surface area (Å²) in [5.41, 5.74) is 10.8. The third kappa shape index (κ3) is 5.87. The highest BCUT2D eigenvalue weighted by Crippen LogP contribution is 2.34. The molecular weight excluding hydrogens is 455 g/mol. The van der Waals surface area contributed by atoms with E-state index in [9.17, 15) is 0 Å². The van der Waals surface area contributed by atoms with Crippen molar-refractivity contribution in [1.82, 2.24) is 9.55 Å². The second kappa shape index (κ2) is 11.4. The number of hydrogen-bond donors (Lipinski definition) is 1. The zero-order valence-corrected chi connectivity index (χ0v) is 19.5. The van der Waals surface area contributed by atoms with Gasteiger partial charge in [0.15, 0.2) is 0 Å². The number of rotatable bonds is 8. The first-order valence-electron chi connectivity index (χ1n) is 10.4. The normalized spacial score (nSPS) is 10.3. The Morgan fingerprint density at radius 2 is 1.70 bits per heavy atom. The number of nitrogens with two attached hydrogens (primary N) is 1. The molecular formula is C26H24Cl2N4O. The van der Waals surface area contributed by atoms with Crippen molar-refractivity contribution in [3.05, 3.63) is 89.6 Å². The predicted octanol–water partition coefficient (Wildman–Crippen LogP) is 6.61. The van der Waals surface area contributed by atoms with Gasteiger partial charge >= 0.3 is 0 Å². The van der Waals surface area contributed by atoms with E-state index in [4.69, 9.17) is 27.3 Å². The number of nitrogen functional groups attached to an aromatic ring is 1. The lowest BCUT2D eigenvalue weighted by Gasteiger charge is -2.15. The van der Waals surface area contributed by atoms with Crippen LogP contribution in [0, 0.1) is 11.3 Å². The number of hydrogen-bond acceptors (Lipinski definition) is 4. The van der Waals surface area contributed by atoms with Crippen LogP contribution in [-0.4, -0.2) is 16.2 Å². The molecule has 0 unspecified atom stereocenters. The van der Waals surface area contributed by atoms with Crippen LogP contribution in [0.2, 0.25) is 5.02 Å². The topological polar surface area (TPSA) is 76.9 Å². The van der Waals surface area contributed by atoms with Crippen LogP contribution in [0.5, 0.6) is 5.75 Å². The van der Waals surface area contributed by atoms with E-state index < -0.39 is 0 Å². The van der Waals surface area contributed by atoms with Gasteiger partial charge in [-0.2, -0.15) is 5.26 Å². The molecule has 4 aromatic rings. The Labute approximate surface area is 204 Å². The smallest absolute Gasteiger partial charge is 0.123 e. The van der Waals surface area contributed by atoms with Crippen LogP contribution in [-0.2, 0) is 6.54 Å². The van der Waals surface area contributed by atoms with Crippen molar-refractivity contribution >= 4 is 29.8 Å². The number of aromatic nitrogens is 2. The summed E-state index contributed by atoms with van der Waals surface area (Å²) < 4.78 is 7.93. The second-order valence-electron chi connectivity index (χ2n) is 7.36. The molecule has 168 valence electrons. The maximum absolute atomic E-state index is 8.65. The van der Waals surface area contributed by atoms with E-state index in [1.807, 2.05) is 60.7 Å². The van der Waals surface area contributed by atoms with Crippen molar-refractivity contribution in [2.45, 2.75) is 19.4 Å². The number of benzene rings is 2. The number of pyridine rings is 1. The molecule has 7 heteroatoms. The fraction of sp³-hybridized carbons (Fsp3) is 0.154. The van der Waals surface area contributed by atoms with Crippen LogP contribution >= 0.6 is 24.0 Å². The van der Waals surface area contributed by atoms with Gasteiger partial charge in [-0.05, 0) is 66.6 Å². The Kier molecular flexibility index (Phi) is 8.37. The van der Waals surface area contributed by atoms with E-state index in [0.29, 0.717) is 30.4 Å². The standard InChI is InChI=1S/C26H23ClN4O.ClH/c27-23-8-2-1-7-22(23)25-15-14-24(31(25)18-20-6-5-9-26(29)30-20)19-10-12-21(13-11-19)32-17-4-3-16-28;/h1-2,5-15H,3-4,17-18H2,(H2,29,30);1H. The van der Waals surface area contributed by atoms with Crippen LogP contribution in [0.1, 0.15) is 18.5 Å². The number of halogens is 2. The van der Waals surface area contributed by atoms with Crippen molar-refractivity contribution in [2.75, 3.05) is 12.3 Å². The van der Waals surface area contributed by atoms with Gasteiger partial charge in [-0.15, -0.1) is 12.4 Å². The molecule has 0 aliphatic heterocycles. The minimum atomic E-state index is 0. The molecule has 0 atom stereocenters. The van der Waals surface area contributed by atoms with Crippen LogP contribution in [0.25, 0.3) is 22.5 Å². The van der Waals surface area contributed by atoms with Gasteiger partial charge in [0.2, 0.25) is 0 Å². The molecule has 2 aromatic heterocycles. The zero-order chi connectivity index (χ0) is 22.3. The van der Waals surface area contributed by atoms with E-state index >= 15 is 0 Å². The molecule has 0 fully saturated rings. The largest absolute Gasteiger partial charge is 0.494 e. The van der Waals surface area contributed by atoms with E-state index in [-0.39, 0.29) is 12.4 Å². The monoisotopic (exact) mass is 478 g/mol. The number of anilines is 1. The fourth-order valence-electron chi connectivity index (χ4n) is 3.61. The quantitative estimate of drug-likeness (QED) is 0.289. The second-order valence-corrected chi connectivity index (χ2v) is 7.77. The zero-order valence-electron chi connectivity index (χ0n) is 17.9. The molecule has 4 rings (SSSR count). The van der Waals surface area contributed by atoms with Crippen LogP contribution < -0.4 is 10.5 Å². The molecule has 2 heterocycles. The van der Waals surface area contributed by atoms with Crippen LogP contribution in [0.15, 0.2) is 78.9 Å². The van der Waals surface area contributed by atoms with Gasteiger partial charge in [-0.3, -0.25) is 0 Å². The molecule has 0 bridgehead atoms. The number of nitriles is 1. The van der Waals surface area contributed by atoms with Crippen molar-refractivity contribution in [1.29, 1.82) is 5.26 Å². The SMILES string of the molecule is Cl.N#CCCCOc1ccc(-c2ccc(-c3ccccc3Cl)n2Cc2cccc(N)n2)cc1. The van der Waals surface area contributed by atoms with Crippen LogP contribution in [0.3, 0.4) is 0 Å². The lowest BCUT2D eigenvalue weighted by Crippen LogP contribution is -2.06. The first-order chi connectivity index (χ1) is 15.7. The Bertz CT molecular complexity index is 1250. The van der Waals surface area contributed by atoms with Gasteiger partial charge in [-0.1, -0.05) is 35.9 Å². The molecule has 0 spiro atoms. The Morgan fingerprint density at radius 1 is 0.939 bits per heavy atom. The maximum atomic E-state index is 8.65. The Hall–Kier alpha value is -3.46. The van der Waals surface area contributed by atoms with E-state index in [0.717, 1.165) is 40.4 Å². The van der Waals surface area contributed by atoms with Gasteiger partial charge in [0.05, 0.1) is 30.6 Å². The molecule has 0 saturated carbocycles. The molecule has 0 amide bonds. The molecule has 0 radical (unpaired) electrons. The summed E-state index contributed by atoms with van der Waals surface area (Å²) in [6.45, 7) is 1.08.